The van der Waals surface area contributed by atoms with Crippen molar-refractivity contribution < 1.29 is 14.5 Å². The van der Waals surface area contributed by atoms with E-state index < -0.39 is 10.8 Å². The highest BCUT2D eigenvalue weighted by atomic mass is 35.5. The number of carbonyl (C=O) groups excluding carboxylic acids is 1. The summed E-state index contributed by atoms with van der Waals surface area (Å²) in [5.41, 5.74) is -0.0894. The minimum Gasteiger partial charge on any atom is -0.377 e. The van der Waals surface area contributed by atoms with Gasteiger partial charge in [0.2, 0.25) is 0 Å². The highest BCUT2D eigenvalue weighted by molar-refractivity contribution is 6.32. The molecule has 0 saturated carbocycles. The molecule has 0 atom stereocenters. The Morgan fingerprint density at radius 3 is 2.79 bits per heavy atom. The fraction of sp³-hybridized carbons (Fsp3) is 0.417. The molecule has 0 heterocycles. The molecule has 1 rings (SSSR count). The fourth-order valence-electron chi connectivity index (χ4n) is 1.36. The number of nitrogens with zero attached hydrogens (tertiary/aromatic N) is 1. The average molecular weight is 287 g/mol. The molecule has 104 valence electrons. The van der Waals surface area contributed by atoms with E-state index in [-0.39, 0.29) is 22.4 Å². The molecule has 0 bridgehead atoms. The van der Waals surface area contributed by atoms with Crippen molar-refractivity contribution in [1.82, 2.24) is 5.32 Å². The van der Waals surface area contributed by atoms with Crippen molar-refractivity contribution in [3.63, 3.8) is 0 Å². The molecule has 0 aliphatic rings. The third kappa shape index (κ3) is 4.84. The number of nitrogens with one attached hydrogen (secondary N) is 1. The number of nitro benzene ring substituents is 1. The van der Waals surface area contributed by atoms with Gasteiger partial charge in [0.05, 0.1) is 17.6 Å². The van der Waals surface area contributed by atoms with Crippen LogP contribution < -0.4 is 5.32 Å². The lowest BCUT2D eigenvalue weighted by Crippen LogP contribution is -2.28. The summed E-state index contributed by atoms with van der Waals surface area (Å²) in [4.78, 5) is 21.8. The summed E-state index contributed by atoms with van der Waals surface area (Å²) >= 11 is 5.66. The Morgan fingerprint density at radius 2 is 2.21 bits per heavy atom. The third-order valence-corrected chi connectivity index (χ3v) is 2.56. The van der Waals surface area contributed by atoms with Crippen molar-refractivity contribution in [1.29, 1.82) is 0 Å². The molecule has 0 aromatic heterocycles. The maximum Gasteiger partial charge on any atom is 0.288 e. The lowest BCUT2D eigenvalue weighted by atomic mass is 10.2. The van der Waals surface area contributed by atoms with Gasteiger partial charge in [-0.15, -0.1) is 0 Å². The summed E-state index contributed by atoms with van der Waals surface area (Å²) in [6.45, 7) is 4.52. The smallest absolute Gasteiger partial charge is 0.288 e. The Hall–Kier alpha value is -1.66. The van der Waals surface area contributed by atoms with Crippen LogP contribution in [0.15, 0.2) is 18.2 Å². The van der Waals surface area contributed by atoms with Crippen molar-refractivity contribution in [2.24, 2.45) is 0 Å². The number of halogens is 1. The van der Waals surface area contributed by atoms with Gasteiger partial charge in [-0.1, -0.05) is 11.6 Å². The number of ether oxygens (including phenoxy) is 1. The number of nitro groups is 1. The second-order valence-corrected chi connectivity index (χ2v) is 4.51. The van der Waals surface area contributed by atoms with Crippen LogP contribution in [-0.2, 0) is 4.74 Å². The van der Waals surface area contributed by atoms with Gasteiger partial charge in [0.15, 0.2) is 0 Å². The number of hydrogen-bond donors (Lipinski definition) is 1. The molecule has 0 unspecified atom stereocenters. The zero-order valence-corrected chi connectivity index (χ0v) is 11.4. The van der Waals surface area contributed by atoms with Crippen LogP contribution in [0.25, 0.3) is 0 Å². The van der Waals surface area contributed by atoms with Gasteiger partial charge in [-0.3, -0.25) is 14.9 Å². The normalized spacial score (nSPS) is 10.5. The third-order valence-electron chi connectivity index (χ3n) is 2.24. The number of amides is 1. The molecule has 0 spiro atoms. The lowest BCUT2D eigenvalue weighted by molar-refractivity contribution is -0.384. The molecule has 1 aromatic rings. The quantitative estimate of drug-likeness (QED) is 0.494. The maximum atomic E-state index is 11.7. The van der Waals surface area contributed by atoms with Crippen molar-refractivity contribution >= 4 is 23.2 Å². The summed E-state index contributed by atoms with van der Waals surface area (Å²) < 4.78 is 5.27. The van der Waals surface area contributed by atoms with Crippen molar-refractivity contribution in [2.75, 3.05) is 13.2 Å². The van der Waals surface area contributed by atoms with Crippen LogP contribution in [0.2, 0.25) is 5.02 Å². The van der Waals surface area contributed by atoms with E-state index in [1.807, 2.05) is 13.8 Å². The van der Waals surface area contributed by atoms with E-state index in [0.717, 1.165) is 6.07 Å². The van der Waals surface area contributed by atoms with Crippen molar-refractivity contribution in [3.8, 4) is 0 Å². The van der Waals surface area contributed by atoms with Gasteiger partial charge in [-0.05, 0) is 26.0 Å². The minimum absolute atomic E-state index is 0.00434. The number of hydrogen-bond acceptors (Lipinski definition) is 4. The second kappa shape index (κ2) is 7.06. The summed E-state index contributed by atoms with van der Waals surface area (Å²) in [5.74, 6) is -0.396. The zero-order chi connectivity index (χ0) is 14.4. The molecular weight excluding hydrogens is 272 g/mol. The monoisotopic (exact) mass is 286 g/mol. The Labute approximate surface area is 115 Å². The van der Waals surface area contributed by atoms with Gasteiger partial charge in [0, 0.05) is 18.2 Å². The zero-order valence-electron chi connectivity index (χ0n) is 10.7. The molecule has 1 N–H and O–H groups in total. The molecule has 6 nitrogen and oxygen atoms in total. The molecule has 0 fully saturated rings. The maximum absolute atomic E-state index is 11.7. The van der Waals surface area contributed by atoms with Crippen LogP contribution in [0, 0.1) is 10.1 Å². The Morgan fingerprint density at radius 1 is 1.53 bits per heavy atom. The first-order valence-corrected chi connectivity index (χ1v) is 6.13. The molecule has 0 radical (unpaired) electrons. The van der Waals surface area contributed by atoms with Gasteiger partial charge >= 0.3 is 0 Å². The predicted octanol–water partition coefficient (Wildman–Crippen LogP) is 2.40. The Bertz CT molecular complexity index is 477. The predicted molar refractivity (Wildman–Crippen MR) is 71.5 cm³/mol. The van der Waals surface area contributed by atoms with Gasteiger partial charge in [0.25, 0.3) is 11.6 Å². The Balaban J connectivity index is 2.62. The van der Waals surface area contributed by atoms with Crippen molar-refractivity contribution in [3.05, 3.63) is 38.9 Å². The van der Waals surface area contributed by atoms with Gasteiger partial charge < -0.3 is 10.1 Å². The molecule has 0 aliphatic heterocycles. The first kappa shape index (κ1) is 15.4. The van der Waals surface area contributed by atoms with Gasteiger partial charge in [-0.25, -0.2) is 0 Å². The molecule has 0 aliphatic carbocycles. The Kier molecular flexibility index (Phi) is 5.72. The molecule has 7 heteroatoms. The second-order valence-electron chi connectivity index (χ2n) is 4.10. The summed E-state index contributed by atoms with van der Waals surface area (Å²) in [6, 6.07) is 3.92. The first-order chi connectivity index (χ1) is 8.91. The van der Waals surface area contributed by atoms with E-state index in [0.29, 0.717) is 13.2 Å². The fourth-order valence-corrected chi connectivity index (χ4v) is 1.54. The van der Waals surface area contributed by atoms with Crippen LogP contribution in [0.1, 0.15) is 24.2 Å². The van der Waals surface area contributed by atoms with E-state index in [1.54, 1.807) is 0 Å². The minimum atomic E-state index is -0.624. The van der Waals surface area contributed by atoms with E-state index in [9.17, 15) is 14.9 Å². The highest BCUT2D eigenvalue weighted by Gasteiger charge is 2.15. The number of rotatable bonds is 6. The average Bonchev–Trinajstić information content (AvgIpc) is 2.34. The van der Waals surface area contributed by atoms with E-state index in [2.05, 4.69) is 5.32 Å². The van der Waals surface area contributed by atoms with E-state index in [1.165, 1.54) is 12.1 Å². The lowest BCUT2D eigenvalue weighted by Gasteiger charge is -2.08. The highest BCUT2D eigenvalue weighted by Crippen LogP contribution is 2.24. The largest absolute Gasteiger partial charge is 0.377 e. The van der Waals surface area contributed by atoms with Crippen LogP contribution >= 0.6 is 11.6 Å². The molecule has 0 saturated heterocycles. The standard InChI is InChI=1S/C12H15ClN2O4/c1-8(2)19-6-5-14-12(16)9-3-4-10(13)11(7-9)15(17)18/h3-4,7-8H,5-6H2,1-2H3,(H,14,16). The van der Waals surface area contributed by atoms with Crippen molar-refractivity contribution in [2.45, 2.75) is 20.0 Å². The van der Waals surface area contributed by atoms with Gasteiger partial charge in [0.1, 0.15) is 5.02 Å². The number of carbonyl (C=O) groups is 1. The van der Waals surface area contributed by atoms with E-state index in [4.69, 9.17) is 16.3 Å². The molecule has 1 aromatic carbocycles. The summed E-state index contributed by atoms with van der Waals surface area (Å²) in [6.07, 6.45) is 0.0912. The summed E-state index contributed by atoms with van der Waals surface area (Å²) in [7, 11) is 0. The van der Waals surface area contributed by atoms with Crippen LogP contribution in [0.5, 0.6) is 0 Å². The van der Waals surface area contributed by atoms with E-state index >= 15 is 0 Å². The molecule has 19 heavy (non-hydrogen) atoms. The topological polar surface area (TPSA) is 81.5 Å². The molecular formula is C12H15ClN2O4. The first-order valence-electron chi connectivity index (χ1n) is 5.75. The van der Waals surface area contributed by atoms with Crippen LogP contribution in [0.4, 0.5) is 5.69 Å². The van der Waals surface area contributed by atoms with Crippen LogP contribution in [0.3, 0.4) is 0 Å². The molecule has 1 amide bonds. The van der Waals surface area contributed by atoms with Crippen LogP contribution in [-0.4, -0.2) is 30.1 Å². The number of benzene rings is 1. The summed E-state index contributed by atoms with van der Waals surface area (Å²) in [5, 5.41) is 13.3. The van der Waals surface area contributed by atoms with Gasteiger partial charge in [-0.2, -0.15) is 0 Å². The SMILES string of the molecule is CC(C)OCCNC(=O)c1ccc(Cl)c([N+](=O)[O-])c1.